The molecule has 5 nitrogen and oxygen atoms in total. The van der Waals surface area contributed by atoms with Gasteiger partial charge in [0.05, 0.1) is 0 Å². The number of nitrogens with zero attached hydrogens (tertiary/aromatic N) is 2. The maximum absolute atomic E-state index is 12.5. The first-order valence-corrected chi connectivity index (χ1v) is 10.3. The van der Waals surface area contributed by atoms with Gasteiger partial charge in [0.15, 0.2) is 6.61 Å². The maximum atomic E-state index is 12.5. The van der Waals surface area contributed by atoms with Gasteiger partial charge < -0.3 is 14.5 Å². The van der Waals surface area contributed by atoms with Crippen molar-refractivity contribution in [2.45, 2.75) is 46.0 Å². The Balaban J connectivity index is 1.47. The number of piperidine rings is 1. The van der Waals surface area contributed by atoms with Crippen molar-refractivity contribution in [2.75, 3.05) is 32.8 Å². The molecule has 2 aliphatic rings. The van der Waals surface area contributed by atoms with Crippen LogP contribution in [0.5, 0.6) is 5.75 Å². The first kappa shape index (κ1) is 20.3. The van der Waals surface area contributed by atoms with Crippen molar-refractivity contribution in [3.05, 3.63) is 29.8 Å². The van der Waals surface area contributed by atoms with Crippen molar-refractivity contribution < 1.29 is 14.3 Å². The highest BCUT2D eigenvalue weighted by molar-refractivity contribution is 5.93. The Labute approximate surface area is 168 Å². The molecule has 0 aliphatic carbocycles. The Morgan fingerprint density at radius 2 is 1.79 bits per heavy atom. The van der Waals surface area contributed by atoms with Crippen molar-refractivity contribution in [1.82, 2.24) is 9.80 Å². The predicted octanol–water partition coefficient (Wildman–Crippen LogP) is 3.02. The van der Waals surface area contributed by atoms with Crippen molar-refractivity contribution in [3.8, 4) is 17.6 Å². The van der Waals surface area contributed by atoms with Crippen LogP contribution in [0.3, 0.4) is 0 Å². The summed E-state index contributed by atoms with van der Waals surface area (Å²) in [5.41, 5.74) is 1.18. The van der Waals surface area contributed by atoms with Crippen molar-refractivity contribution in [1.29, 1.82) is 0 Å². The highest BCUT2D eigenvalue weighted by atomic mass is 16.5. The maximum Gasteiger partial charge on any atom is 0.298 e. The summed E-state index contributed by atoms with van der Waals surface area (Å²) >= 11 is 0. The van der Waals surface area contributed by atoms with E-state index in [4.69, 9.17) is 4.74 Å². The van der Waals surface area contributed by atoms with Crippen LogP contribution in [0.15, 0.2) is 24.3 Å². The summed E-state index contributed by atoms with van der Waals surface area (Å²) in [5, 5.41) is 0. The van der Waals surface area contributed by atoms with E-state index in [1.807, 2.05) is 41.0 Å². The second kappa shape index (κ2) is 9.14. The summed E-state index contributed by atoms with van der Waals surface area (Å²) in [6, 6.07) is 7.74. The quantitative estimate of drug-likeness (QED) is 0.752. The molecule has 2 heterocycles. The van der Waals surface area contributed by atoms with E-state index in [2.05, 4.69) is 18.8 Å². The van der Waals surface area contributed by atoms with Crippen LogP contribution in [0.25, 0.3) is 0 Å². The normalized spacial score (nSPS) is 17.9. The summed E-state index contributed by atoms with van der Waals surface area (Å²) in [6.07, 6.45) is 4.63. The Morgan fingerprint density at radius 1 is 1.11 bits per heavy atom. The Morgan fingerprint density at radius 3 is 2.46 bits per heavy atom. The number of likely N-dealkylation sites (tertiary alicyclic amines) is 2. The number of hydrogen-bond acceptors (Lipinski definition) is 3. The van der Waals surface area contributed by atoms with E-state index < -0.39 is 0 Å². The van der Waals surface area contributed by atoms with Crippen LogP contribution in [-0.2, 0) is 9.59 Å². The molecule has 3 rings (SSSR count). The van der Waals surface area contributed by atoms with Gasteiger partial charge >= 0.3 is 0 Å². The number of hydrogen-bond donors (Lipinski definition) is 0. The zero-order chi connectivity index (χ0) is 20.0. The van der Waals surface area contributed by atoms with Crippen LogP contribution in [0.1, 0.15) is 44.6 Å². The van der Waals surface area contributed by atoms with Crippen molar-refractivity contribution in [3.63, 3.8) is 0 Å². The molecule has 5 heteroatoms. The number of ether oxygens (including phenoxy) is 1. The van der Waals surface area contributed by atoms with E-state index in [9.17, 15) is 9.59 Å². The van der Waals surface area contributed by atoms with Crippen LogP contribution in [-0.4, -0.2) is 54.4 Å². The highest BCUT2D eigenvalue weighted by Gasteiger charge is 2.42. The van der Waals surface area contributed by atoms with Gasteiger partial charge in [0.1, 0.15) is 5.75 Å². The fourth-order valence-electron chi connectivity index (χ4n) is 4.04. The van der Waals surface area contributed by atoms with Gasteiger partial charge in [0.2, 0.25) is 0 Å². The summed E-state index contributed by atoms with van der Waals surface area (Å²) in [6.45, 7) is 7.14. The number of aryl methyl sites for hydroxylation is 1. The molecule has 2 aliphatic heterocycles. The lowest BCUT2D eigenvalue weighted by atomic mass is 9.78. The van der Waals surface area contributed by atoms with Gasteiger partial charge in [-0.1, -0.05) is 31.0 Å². The largest absolute Gasteiger partial charge is 0.484 e. The van der Waals surface area contributed by atoms with Gasteiger partial charge in [-0.3, -0.25) is 9.59 Å². The average molecular weight is 383 g/mol. The average Bonchev–Trinajstić information content (AvgIpc) is 3.11. The van der Waals surface area contributed by atoms with Crippen LogP contribution in [0.2, 0.25) is 0 Å². The zero-order valence-corrected chi connectivity index (χ0v) is 17.0. The van der Waals surface area contributed by atoms with Gasteiger partial charge in [0.25, 0.3) is 11.8 Å². The third-order valence-electron chi connectivity index (χ3n) is 5.92. The highest BCUT2D eigenvalue weighted by Crippen LogP contribution is 2.40. The molecule has 2 saturated heterocycles. The lowest BCUT2D eigenvalue weighted by Crippen LogP contribution is -2.46. The molecule has 0 saturated carbocycles. The molecule has 28 heavy (non-hydrogen) atoms. The molecule has 1 spiro atoms. The van der Waals surface area contributed by atoms with E-state index in [1.54, 1.807) is 0 Å². The lowest BCUT2D eigenvalue weighted by Gasteiger charge is -2.39. The van der Waals surface area contributed by atoms with Crippen LogP contribution >= 0.6 is 0 Å². The Bertz CT molecular complexity index is 770. The van der Waals surface area contributed by atoms with Crippen LogP contribution in [0.4, 0.5) is 0 Å². The van der Waals surface area contributed by atoms with Gasteiger partial charge in [0, 0.05) is 32.6 Å². The Hall–Kier alpha value is -2.48. The minimum absolute atomic E-state index is 0.0365. The molecule has 2 amide bonds. The van der Waals surface area contributed by atoms with Crippen LogP contribution < -0.4 is 4.74 Å². The molecular weight excluding hydrogens is 352 g/mol. The molecule has 0 radical (unpaired) electrons. The fraction of sp³-hybridized carbons (Fsp3) is 0.565. The molecule has 0 unspecified atom stereocenters. The number of rotatable bonds is 4. The number of benzene rings is 1. The molecule has 1 aromatic rings. The number of para-hydroxylation sites is 1. The molecule has 0 aromatic heterocycles. The second-order valence-corrected chi connectivity index (χ2v) is 7.96. The summed E-state index contributed by atoms with van der Waals surface area (Å²) in [5.74, 6) is 6.47. The number of unbranched alkanes of at least 4 members (excludes halogenated alkanes) is 1. The van der Waals surface area contributed by atoms with Gasteiger partial charge in [-0.2, -0.15) is 0 Å². The van der Waals surface area contributed by atoms with E-state index in [0.717, 1.165) is 69.6 Å². The summed E-state index contributed by atoms with van der Waals surface area (Å²) < 4.78 is 5.70. The molecule has 2 fully saturated rings. The molecule has 0 atom stereocenters. The van der Waals surface area contributed by atoms with Crippen molar-refractivity contribution >= 4 is 11.8 Å². The van der Waals surface area contributed by atoms with Crippen molar-refractivity contribution in [2.24, 2.45) is 5.41 Å². The molecular formula is C23H30N2O3. The van der Waals surface area contributed by atoms with E-state index >= 15 is 0 Å². The third-order valence-corrected chi connectivity index (χ3v) is 5.92. The third kappa shape index (κ3) is 4.86. The smallest absolute Gasteiger partial charge is 0.298 e. The minimum Gasteiger partial charge on any atom is -0.484 e. The lowest BCUT2D eigenvalue weighted by molar-refractivity contribution is -0.136. The fourth-order valence-corrected chi connectivity index (χ4v) is 4.04. The van der Waals surface area contributed by atoms with E-state index in [0.29, 0.717) is 0 Å². The first-order chi connectivity index (χ1) is 13.5. The molecule has 150 valence electrons. The SMILES string of the molecule is CCCC#CC(=O)N1CCC2(CCN(C(=O)COc3ccccc3C)CC2)C1. The minimum atomic E-state index is -0.0459. The predicted molar refractivity (Wildman–Crippen MR) is 109 cm³/mol. The number of carbonyl (C=O) groups is 2. The molecule has 0 N–H and O–H groups in total. The molecule has 0 bridgehead atoms. The van der Waals surface area contributed by atoms with Gasteiger partial charge in [-0.15, -0.1) is 0 Å². The summed E-state index contributed by atoms with van der Waals surface area (Å²) in [4.78, 5) is 28.5. The first-order valence-electron chi connectivity index (χ1n) is 10.3. The number of carbonyl (C=O) groups excluding carboxylic acids is 2. The van der Waals surface area contributed by atoms with E-state index in [1.165, 1.54) is 0 Å². The van der Waals surface area contributed by atoms with Crippen LogP contribution in [0, 0.1) is 24.2 Å². The van der Waals surface area contributed by atoms with E-state index in [-0.39, 0.29) is 23.8 Å². The van der Waals surface area contributed by atoms with Gasteiger partial charge in [-0.25, -0.2) is 0 Å². The monoisotopic (exact) mass is 382 g/mol. The second-order valence-electron chi connectivity index (χ2n) is 7.96. The number of amides is 2. The van der Waals surface area contributed by atoms with Gasteiger partial charge in [-0.05, 0) is 55.6 Å². The zero-order valence-electron chi connectivity index (χ0n) is 17.0. The topological polar surface area (TPSA) is 49.9 Å². The Kier molecular flexibility index (Phi) is 6.61. The summed E-state index contributed by atoms with van der Waals surface area (Å²) in [7, 11) is 0. The standard InChI is InChI=1S/C23H30N2O3/c1-3-4-5-10-21(26)25-16-13-23(18-25)11-14-24(15-12-23)22(27)17-28-20-9-7-6-8-19(20)2/h6-9H,3-4,11-18H2,1-2H3. The molecule has 1 aromatic carbocycles.